The summed E-state index contributed by atoms with van der Waals surface area (Å²) in [5.74, 6) is 0.976. The van der Waals surface area contributed by atoms with E-state index in [1.54, 1.807) is 18.7 Å². The van der Waals surface area contributed by atoms with E-state index in [0.29, 0.717) is 0 Å². The first kappa shape index (κ1) is 9.02. The molecular weight excluding hydrogens is 178 g/mol. The molecule has 0 bridgehead atoms. The average Bonchev–Trinajstić information content (AvgIpc) is 2.77. The van der Waals surface area contributed by atoms with Crippen LogP contribution < -0.4 is 5.73 Å². The van der Waals surface area contributed by atoms with Crippen LogP contribution in [0.1, 0.15) is 17.4 Å². The number of rotatable bonds is 3. The monoisotopic (exact) mass is 191 g/mol. The standard InChI is InChI=1S/C10H13N3O/c1-8-12-3-4-13(8)6-10(11)9-2-5-14-7-9/h2-5,7,10H,6,11H2,1H3. The summed E-state index contributed by atoms with van der Waals surface area (Å²) < 4.78 is 7.01. The van der Waals surface area contributed by atoms with Crippen LogP contribution >= 0.6 is 0 Å². The molecule has 0 spiro atoms. The molecular formula is C10H13N3O. The highest BCUT2D eigenvalue weighted by atomic mass is 16.3. The average molecular weight is 191 g/mol. The molecule has 0 saturated heterocycles. The molecule has 1 unspecified atom stereocenters. The summed E-state index contributed by atoms with van der Waals surface area (Å²) in [6, 6.07) is 1.85. The van der Waals surface area contributed by atoms with Crippen molar-refractivity contribution in [3.05, 3.63) is 42.4 Å². The van der Waals surface area contributed by atoms with E-state index in [9.17, 15) is 0 Å². The van der Waals surface area contributed by atoms with E-state index in [1.165, 1.54) is 0 Å². The predicted molar refractivity (Wildman–Crippen MR) is 52.6 cm³/mol. The zero-order chi connectivity index (χ0) is 9.97. The molecule has 4 nitrogen and oxygen atoms in total. The van der Waals surface area contributed by atoms with Crippen LogP contribution in [-0.4, -0.2) is 9.55 Å². The Morgan fingerprint density at radius 3 is 3.07 bits per heavy atom. The molecule has 0 fully saturated rings. The first-order valence-electron chi connectivity index (χ1n) is 4.53. The molecule has 0 aliphatic heterocycles. The van der Waals surface area contributed by atoms with E-state index in [2.05, 4.69) is 4.98 Å². The number of hydrogen-bond donors (Lipinski definition) is 1. The summed E-state index contributed by atoms with van der Waals surface area (Å²) in [5.41, 5.74) is 7.00. The second kappa shape index (κ2) is 3.67. The molecule has 2 heterocycles. The van der Waals surface area contributed by atoms with Crippen LogP contribution in [-0.2, 0) is 6.54 Å². The Morgan fingerprint density at radius 2 is 2.50 bits per heavy atom. The third-order valence-electron chi connectivity index (χ3n) is 2.29. The van der Waals surface area contributed by atoms with Crippen LogP contribution in [0.3, 0.4) is 0 Å². The lowest BCUT2D eigenvalue weighted by Crippen LogP contribution is -2.17. The summed E-state index contributed by atoms with van der Waals surface area (Å²) in [6.45, 7) is 2.69. The quantitative estimate of drug-likeness (QED) is 0.799. The Morgan fingerprint density at radius 1 is 1.64 bits per heavy atom. The largest absolute Gasteiger partial charge is 0.472 e. The highest BCUT2D eigenvalue weighted by Gasteiger charge is 2.08. The van der Waals surface area contributed by atoms with Gasteiger partial charge >= 0.3 is 0 Å². The van der Waals surface area contributed by atoms with Crippen molar-refractivity contribution in [2.75, 3.05) is 0 Å². The molecule has 0 amide bonds. The van der Waals surface area contributed by atoms with Gasteiger partial charge in [0.15, 0.2) is 0 Å². The van der Waals surface area contributed by atoms with Crippen LogP contribution in [0.4, 0.5) is 0 Å². The molecule has 0 saturated carbocycles. The molecule has 2 N–H and O–H groups in total. The van der Waals surface area contributed by atoms with Crippen LogP contribution in [0.25, 0.3) is 0 Å². The lowest BCUT2D eigenvalue weighted by Gasteiger charge is -2.11. The maximum Gasteiger partial charge on any atom is 0.105 e. The van der Waals surface area contributed by atoms with Gasteiger partial charge in [-0.3, -0.25) is 0 Å². The van der Waals surface area contributed by atoms with Crippen LogP contribution in [0.2, 0.25) is 0 Å². The second-order valence-corrected chi connectivity index (χ2v) is 3.29. The first-order chi connectivity index (χ1) is 6.77. The Balaban J connectivity index is 2.09. The van der Waals surface area contributed by atoms with E-state index in [1.807, 2.05) is 23.8 Å². The Labute approximate surface area is 82.4 Å². The van der Waals surface area contributed by atoms with Crippen molar-refractivity contribution < 1.29 is 4.42 Å². The number of nitrogens with zero attached hydrogens (tertiary/aromatic N) is 2. The number of imidazole rings is 1. The number of aryl methyl sites for hydroxylation is 1. The van der Waals surface area contributed by atoms with Gasteiger partial charge in [-0.2, -0.15) is 0 Å². The molecule has 2 aromatic heterocycles. The van der Waals surface area contributed by atoms with Crippen molar-refractivity contribution in [2.45, 2.75) is 19.5 Å². The van der Waals surface area contributed by atoms with Crippen LogP contribution in [0.15, 0.2) is 35.4 Å². The molecule has 0 aliphatic rings. The lowest BCUT2D eigenvalue weighted by molar-refractivity contribution is 0.536. The van der Waals surface area contributed by atoms with E-state index >= 15 is 0 Å². The van der Waals surface area contributed by atoms with Crippen molar-refractivity contribution in [2.24, 2.45) is 5.73 Å². The fourth-order valence-corrected chi connectivity index (χ4v) is 1.40. The van der Waals surface area contributed by atoms with Gasteiger partial charge in [-0.15, -0.1) is 0 Å². The fraction of sp³-hybridized carbons (Fsp3) is 0.300. The zero-order valence-electron chi connectivity index (χ0n) is 8.05. The van der Waals surface area contributed by atoms with E-state index < -0.39 is 0 Å². The van der Waals surface area contributed by atoms with Gasteiger partial charge in [0.2, 0.25) is 0 Å². The second-order valence-electron chi connectivity index (χ2n) is 3.29. The van der Waals surface area contributed by atoms with Crippen molar-refractivity contribution in [1.82, 2.24) is 9.55 Å². The van der Waals surface area contributed by atoms with Crippen molar-refractivity contribution in [1.29, 1.82) is 0 Å². The van der Waals surface area contributed by atoms with Gasteiger partial charge < -0.3 is 14.7 Å². The molecule has 0 radical (unpaired) electrons. The fourth-order valence-electron chi connectivity index (χ4n) is 1.40. The predicted octanol–water partition coefficient (Wildman–Crippen LogP) is 1.48. The number of nitrogens with two attached hydrogens (primary N) is 1. The Bertz CT molecular complexity index is 391. The maximum absolute atomic E-state index is 5.99. The van der Waals surface area contributed by atoms with Crippen molar-refractivity contribution in [3.8, 4) is 0 Å². The third-order valence-corrected chi connectivity index (χ3v) is 2.29. The van der Waals surface area contributed by atoms with Crippen molar-refractivity contribution in [3.63, 3.8) is 0 Å². The molecule has 2 aromatic rings. The van der Waals surface area contributed by atoms with E-state index in [-0.39, 0.29) is 6.04 Å². The summed E-state index contributed by atoms with van der Waals surface area (Å²) in [5, 5.41) is 0. The third kappa shape index (κ3) is 1.70. The van der Waals surface area contributed by atoms with Gasteiger partial charge in [0.1, 0.15) is 5.82 Å². The minimum absolute atomic E-state index is 0.0401. The van der Waals surface area contributed by atoms with Gasteiger partial charge in [0, 0.05) is 24.5 Å². The van der Waals surface area contributed by atoms with Gasteiger partial charge in [-0.1, -0.05) is 0 Å². The van der Waals surface area contributed by atoms with Crippen LogP contribution in [0, 0.1) is 6.92 Å². The molecule has 1 atom stereocenters. The zero-order valence-corrected chi connectivity index (χ0v) is 8.05. The summed E-state index contributed by atoms with van der Waals surface area (Å²) in [4.78, 5) is 4.13. The van der Waals surface area contributed by atoms with Gasteiger partial charge in [0.05, 0.1) is 18.6 Å². The highest BCUT2D eigenvalue weighted by Crippen LogP contribution is 2.13. The Kier molecular flexibility index (Phi) is 2.37. The lowest BCUT2D eigenvalue weighted by atomic mass is 10.1. The molecule has 2 rings (SSSR count). The summed E-state index contributed by atoms with van der Waals surface area (Å²) in [7, 11) is 0. The maximum atomic E-state index is 5.99. The van der Waals surface area contributed by atoms with Crippen LogP contribution in [0.5, 0.6) is 0 Å². The Hall–Kier alpha value is -1.55. The van der Waals surface area contributed by atoms with E-state index in [0.717, 1.165) is 17.9 Å². The summed E-state index contributed by atoms with van der Waals surface area (Å²) >= 11 is 0. The molecule has 14 heavy (non-hydrogen) atoms. The molecule has 4 heteroatoms. The summed E-state index contributed by atoms with van der Waals surface area (Å²) in [6.07, 6.45) is 7.01. The van der Waals surface area contributed by atoms with Crippen molar-refractivity contribution >= 4 is 0 Å². The SMILES string of the molecule is Cc1nccn1CC(N)c1ccoc1. The topological polar surface area (TPSA) is 57.0 Å². The number of hydrogen-bond acceptors (Lipinski definition) is 3. The minimum atomic E-state index is -0.0401. The smallest absolute Gasteiger partial charge is 0.105 e. The normalized spacial score (nSPS) is 13.0. The highest BCUT2D eigenvalue weighted by molar-refractivity contribution is 5.10. The first-order valence-corrected chi connectivity index (χ1v) is 4.53. The number of furan rings is 1. The molecule has 0 aliphatic carbocycles. The minimum Gasteiger partial charge on any atom is -0.472 e. The van der Waals surface area contributed by atoms with Gasteiger partial charge in [0.25, 0.3) is 0 Å². The van der Waals surface area contributed by atoms with E-state index in [4.69, 9.17) is 10.2 Å². The van der Waals surface area contributed by atoms with Gasteiger partial charge in [-0.05, 0) is 13.0 Å². The molecule has 74 valence electrons. The molecule has 0 aromatic carbocycles. The number of aromatic nitrogens is 2. The van der Waals surface area contributed by atoms with Gasteiger partial charge in [-0.25, -0.2) is 4.98 Å².